The number of nitrogens with one attached hydrogen (secondary N) is 2. The molecule has 6 nitrogen and oxygen atoms in total. The second kappa shape index (κ2) is 6.51. The summed E-state index contributed by atoms with van der Waals surface area (Å²) in [6.45, 7) is 0. The van der Waals surface area contributed by atoms with Crippen molar-refractivity contribution in [3.63, 3.8) is 0 Å². The fourth-order valence-corrected chi connectivity index (χ4v) is 1.74. The smallest absolute Gasteiger partial charge is 0.323 e. The first-order chi connectivity index (χ1) is 10.1. The molecule has 2 rings (SSSR count). The van der Waals surface area contributed by atoms with E-state index in [9.17, 15) is 9.90 Å². The van der Waals surface area contributed by atoms with E-state index in [1.165, 1.54) is 19.2 Å². The summed E-state index contributed by atoms with van der Waals surface area (Å²) >= 11 is 0. The van der Waals surface area contributed by atoms with Crippen LogP contribution in [-0.4, -0.2) is 25.4 Å². The van der Waals surface area contributed by atoms with Gasteiger partial charge < -0.3 is 25.2 Å². The monoisotopic (exact) mass is 288 g/mol. The Morgan fingerprint density at radius 2 is 1.71 bits per heavy atom. The van der Waals surface area contributed by atoms with Crippen LogP contribution in [0.25, 0.3) is 0 Å². The number of hydrogen-bond donors (Lipinski definition) is 3. The van der Waals surface area contributed by atoms with E-state index >= 15 is 0 Å². The van der Waals surface area contributed by atoms with Gasteiger partial charge in [0.25, 0.3) is 0 Å². The third-order valence-corrected chi connectivity index (χ3v) is 2.78. The number of amides is 2. The number of carbonyl (C=O) groups excluding carboxylic acids is 1. The molecule has 110 valence electrons. The van der Waals surface area contributed by atoms with Crippen LogP contribution in [0, 0.1) is 0 Å². The Hall–Kier alpha value is -2.89. The maximum absolute atomic E-state index is 12.0. The van der Waals surface area contributed by atoms with Gasteiger partial charge in [0.1, 0.15) is 17.2 Å². The van der Waals surface area contributed by atoms with Gasteiger partial charge in [0.05, 0.1) is 19.9 Å². The van der Waals surface area contributed by atoms with Crippen LogP contribution in [-0.2, 0) is 0 Å². The van der Waals surface area contributed by atoms with Gasteiger partial charge in [-0.15, -0.1) is 0 Å². The molecule has 0 bridgehead atoms. The second-order valence-electron chi connectivity index (χ2n) is 4.19. The van der Waals surface area contributed by atoms with Crippen molar-refractivity contribution in [1.82, 2.24) is 0 Å². The van der Waals surface area contributed by atoms with E-state index in [0.717, 1.165) is 0 Å². The zero-order chi connectivity index (χ0) is 15.2. The number of phenolic OH excluding ortho intramolecular Hbond substituents is 1. The lowest BCUT2D eigenvalue weighted by molar-refractivity contribution is 0.262. The molecule has 0 aliphatic heterocycles. The Kier molecular flexibility index (Phi) is 4.50. The van der Waals surface area contributed by atoms with Crippen LogP contribution in [0.3, 0.4) is 0 Å². The highest BCUT2D eigenvalue weighted by Gasteiger charge is 2.09. The molecule has 0 atom stereocenters. The largest absolute Gasteiger partial charge is 0.508 e. The Balaban J connectivity index is 2.09. The van der Waals surface area contributed by atoms with E-state index in [4.69, 9.17) is 9.47 Å². The van der Waals surface area contributed by atoms with E-state index in [1.54, 1.807) is 37.4 Å². The molecular formula is C15H16N2O4. The first-order valence-corrected chi connectivity index (χ1v) is 6.21. The Morgan fingerprint density at radius 1 is 1.00 bits per heavy atom. The number of rotatable bonds is 4. The summed E-state index contributed by atoms with van der Waals surface area (Å²) in [4.78, 5) is 12.0. The van der Waals surface area contributed by atoms with Gasteiger partial charge in [0.15, 0.2) is 0 Å². The average Bonchev–Trinajstić information content (AvgIpc) is 2.49. The molecular weight excluding hydrogens is 272 g/mol. The predicted octanol–water partition coefficient (Wildman–Crippen LogP) is 3.05. The number of methoxy groups -OCH3 is 2. The van der Waals surface area contributed by atoms with Gasteiger partial charge in [-0.3, -0.25) is 0 Å². The highest BCUT2D eigenvalue weighted by Crippen LogP contribution is 2.29. The van der Waals surface area contributed by atoms with Crippen molar-refractivity contribution in [2.45, 2.75) is 0 Å². The minimum atomic E-state index is -0.424. The molecule has 0 fully saturated rings. The molecule has 3 N–H and O–H groups in total. The molecule has 2 aromatic rings. The Labute approximate surface area is 122 Å². The molecule has 2 aromatic carbocycles. The van der Waals surface area contributed by atoms with Crippen LogP contribution >= 0.6 is 0 Å². The molecule has 21 heavy (non-hydrogen) atoms. The van der Waals surface area contributed by atoms with Gasteiger partial charge in [-0.2, -0.15) is 0 Å². The second-order valence-corrected chi connectivity index (χ2v) is 4.19. The summed E-state index contributed by atoms with van der Waals surface area (Å²) in [6, 6.07) is 10.8. The maximum atomic E-state index is 12.0. The highest BCUT2D eigenvalue weighted by atomic mass is 16.5. The first kappa shape index (κ1) is 14.5. The lowest BCUT2D eigenvalue weighted by atomic mass is 10.2. The van der Waals surface area contributed by atoms with Crippen molar-refractivity contribution >= 4 is 17.4 Å². The van der Waals surface area contributed by atoms with E-state index in [1.807, 2.05) is 0 Å². The van der Waals surface area contributed by atoms with Crippen LogP contribution in [0.2, 0.25) is 0 Å². The maximum Gasteiger partial charge on any atom is 0.323 e. The molecule has 0 aliphatic carbocycles. The fourth-order valence-electron chi connectivity index (χ4n) is 1.74. The zero-order valence-corrected chi connectivity index (χ0v) is 11.7. The average molecular weight is 288 g/mol. The number of urea groups is 1. The predicted molar refractivity (Wildman–Crippen MR) is 80.3 cm³/mol. The zero-order valence-electron chi connectivity index (χ0n) is 11.7. The van der Waals surface area contributed by atoms with Crippen LogP contribution in [0.4, 0.5) is 16.2 Å². The normalized spacial score (nSPS) is 9.81. The van der Waals surface area contributed by atoms with Crippen LogP contribution < -0.4 is 20.1 Å². The summed E-state index contributed by atoms with van der Waals surface area (Å²) < 4.78 is 10.3. The first-order valence-electron chi connectivity index (χ1n) is 6.21. The minimum absolute atomic E-state index is 0.135. The lowest BCUT2D eigenvalue weighted by Gasteiger charge is -2.12. The van der Waals surface area contributed by atoms with Crippen molar-refractivity contribution in [3.8, 4) is 17.2 Å². The summed E-state index contributed by atoms with van der Waals surface area (Å²) in [5, 5.41) is 14.5. The summed E-state index contributed by atoms with van der Waals surface area (Å²) in [7, 11) is 3.06. The van der Waals surface area contributed by atoms with Gasteiger partial charge in [-0.25, -0.2) is 4.79 Å². The van der Waals surface area contributed by atoms with E-state index in [0.29, 0.717) is 22.9 Å². The number of phenols is 1. The summed E-state index contributed by atoms with van der Waals surface area (Å²) in [5.41, 5.74) is 1.06. The van der Waals surface area contributed by atoms with Crippen molar-refractivity contribution in [2.24, 2.45) is 0 Å². The third kappa shape index (κ3) is 3.79. The summed E-state index contributed by atoms with van der Waals surface area (Å²) in [5.74, 6) is 1.27. The van der Waals surface area contributed by atoms with Crippen molar-refractivity contribution in [3.05, 3.63) is 42.5 Å². The van der Waals surface area contributed by atoms with E-state index < -0.39 is 6.03 Å². The molecule has 0 spiro atoms. The van der Waals surface area contributed by atoms with Crippen molar-refractivity contribution in [2.75, 3.05) is 24.9 Å². The number of benzene rings is 2. The van der Waals surface area contributed by atoms with Gasteiger partial charge in [0, 0.05) is 11.8 Å². The van der Waals surface area contributed by atoms with E-state index in [2.05, 4.69) is 10.6 Å². The van der Waals surface area contributed by atoms with Gasteiger partial charge in [-0.05, 0) is 36.4 Å². The van der Waals surface area contributed by atoms with Crippen molar-refractivity contribution in [1.29, 1.82) is 0 Å². The van der Waals surface area contributed by atoms with Gasteiger partial charge in [0.2, 0.25) is 0 Å². The fraction of sp³-hybridized carbons (Fsp3) is 0.133. The van der Waals surface area contributed by atoms with Crippen LogP contribution in [0.15, 0.2) is 42.5 Å². The molecule has 0 saturated heterocycles. The Bertz CT molecular complexity index is 626. The number of anilines is 2. The molecule has 0 unspecified atom stereocenters. The Morgan fingerprint density at radius 3 is 2.33 bits per heavy atom. The van der Waals surface area contributed by atoms with Crippen LogP contribution in [0.5, 0.6) is 17.2 Å². The molecule has 0 aliphatic rings. The number of hydrogen-bond acceptors (Lipinski definition) is 4. The standard InChI is InChI=1S/C15H16N2O4/c1-20-12-7-8-14(21-2)13(9-12)17-15(19)16-10-3-5-11(18)6-4-10/h3-9,18H,1-2H3,(H2,16,17,19). The molecule has 0 saturated carbocycles. The molecule has 0 heterocycles. The van der Waals surface area contributed by atoms with Gasteiger partial charge in [-0.1, -0.05) is 0 Å². The highest BCUT2D eigenvalue weighted by molar-refractivity contribution is 6.00. The number of ether oxygens (including phenoxy) is 2. The lowest BCUT2D eigenvalue weighted by Crippen LogP contribution is -2.19. The third-order valence-electron chi connectivity index (χ3n) is 2.78. The van der Waals surface area contributed by atoms with Crippen LogP contribution in [0.1, 0.15) is 0 Å². The topological polar surface area (TPSA) is 79.8 Å². The quantitative estimate of drug-likeness (QED) is 0.755. The molecule has 2 amide bonds. The SMILES string of the molecule is COc1ccc(OC)c(NC(=O)Nc2ccc(O)cc2)c1. The molecule has 0 radical (unpaired) electrons. The summed E-state index contributed by atoms with van der Waals surface area (Å²) in [6.07, 6.45) is 0. The molecule has 6 heteroatoms. The number of aromatic hydroxyl groups is 1. The minimum Gasteiger partial charge on any atom is -0.508 e. The number of carbonyl (C=O) groups is 1. The van der Waals surface area contributed by atoms with Gasteiger partial charge >= 0.3 is 6.03 Å². The van der Waals surface area contributed by atoms with Crippen molar-refractivity contribution < 1.29 is 19.4 Å². The van der Waals surface area contributed by atoms with E-state index in [-0.39, 0.29) is 5.75 Å². The molecule has 0 aromatic heterocycles.